The molecule has 0 radical (unpaired) electrons. The van der Waals surface area contributed by atoms with Gasteiger partial charge in [-0.05, 0) is 24.6 Å². The van der Waals surface area contributed by atoms with Crippen molar-refractivity contribution in [3.8, 4) is 5.75 Å². The SMILES string of the molecule is CCC(NCCS(=O)(=O)CC)c1cc(Br)ccc1O. The summed E-state index contributed by atoms with van der Waals surface area (Å²) in [5.41, 5.74) is 0.783. The summed E-state index contributed by atoms with van der Waals surface area (Å²) in [6, 6.07) is 5.20. The Hall–Kier alpha value is -0.590. The molecule has 0 amide bonds. The van der Waals surface area contributed by atoms with E-state index in [-0.39, 0.29) is 23.3 Å². The Morgan fingerprint density at radius 1 is 1.37 bits per heavy atom. The minimum Gasteiger partial charge on any atom is -0.508 e. The van der Waals surface area contributed by atoms with E-state index in [1.807, 2.05) is 13.0 Å². The van der Waals surface area contributed by atoms with E-state index in [2.05, 4.69) is 21.2 Å². The Morgan fingerprint density at radius 3 is 2.63 bits per heavy atom. The Morgan fingerprint density at radius 2 is 2.05 bits per heavy atom. The zero-order valence-electron chi connectivity index (χ0n) is 11.2. The van der Waals surface area contributed by atoms with Crippen LogP contribution >= 0.6 is 15.9 Å². The smallest absolute Gasteiger partial charge is 0.151 e. The molecule has 0 aliphatic rings. The number of benzene rings is 1. The molecule has 1 unspecified atom stereocenters. The molecule has 1 aromatic rings. The molecule has 108 valence electrons. The summed E-state index contributed by atoms with van der Waals surface area (Å²) >= 11 is 3.37. The molecule has 0 heterocycles. The first-order chi connectivity index (χ1) is 8.89. The molecule has 0 saturated heterocycles. The second kappa shape index (κ2) is 7.26. The number of aromatic hydroxyl groups is 1. The van der Waals surface area contributed by atoms with Crippen LogP contribution in [-0.2, 0) is 9.84 Å². The number of nitrogens with one attached hydrogen (secondary N) is 1. The second-order valence-electron chi connectivity index (χ2n) is 4.35. The Balaban J connectivity index is 2.71. The minimum atomic E-state index is -2.96. The van der Waals surface area contributed by atoms with Gasteiger partial charge in [-0.2, -0.15) is 0 Å². The molecule has 0 spiro atoms. The van der Waals surface area contributed by atoms with E-state index in [1.165, 1.54) is 0 Å². The van der Waals surface area contributed by atoms with Gasteiger partial charge < -0.3 is 10.4 Å². The lowest BCUT2D eigenvalue weighted by molar-refractivity contribution is 0.444. The fraction of sp³-hybridized carbons (Fsp3) is 0.538. The van der Waals surface area contributed by atoms with Crippen molar-refractivity contribution >= 4 is 25.8 Å². The Bertz CT molecular complexity index is 517. The van der Waals surface area contributed by atoms with Crippen molar-refractivity contribution in [1.82, 2.24) is 5.32 Å². The van der Waals surface area contributed by atoms with Gasteiger partial charge in [0.15, 0.2) is 9.84 Å². The number of phenols is 1. The van der Waals surface area contributed by atoms with E-state index >= 15 is 0 Å². The third-order valence-electron chi connectivity index (χ3n) is 3.02. The lowest BCUT2D eigenvalue weighted by Gasteiger charge is -2.18. The Kier molecular flexibility index (Phi) is 6.29. The van der Waals surface area contributed by atoms with Gasteiger partial charge in [-0.3, -0.25) is 0 Å². The molecule has 0 bridgehead atoms. The van der Waals surface area contributed by atoms with E-state index < -0.39 is 9.84 Å². The summed E-state index contributed by atoms with van der Waals surface area (Å²) < 4.78 is 23.8. The number of phenolic OH excluding ortho intramolecular Hbond substituents is 1. The van der Waals surface area contributed by atoms with Crippen molar-refractivity contribution in [3.05, 3.63) is 28.2 Å². The third kappa shape index (κ3) is 5.12. The zero-order valence-corrected chi connectivity index (χ0v) is 13.6. The normalized spacial score (nSPS) is 13.4. The van der Waals surface area contributed by atoms with Crippen LogP contribution in [0.1, 0.15) is 31.9 Å². The van der Waals surface area contributed by atoms with Gasteiger partial charge in [0.05, 0.1) is 5.75 Å². The van der Waals surface area contributed by atoms with Crippen LogP contribution in [0.2, 0.25) is 0 Å². The summed E-state index contributed by atoms with van der Waals surface area (Å²) in [4.78, 5) is 0. The van der Waals surface area contributed by atoms with Crippen LogP contribution in [0, 0.1) is 0 Å². The van der Waals surface area contributed by atoms with Gasteiger partial charge in [-0.1, -0.05) is 29.8 Å². The molecule has 0 aliphatic heterocycles. The van der Waals surface area contributed by atoms with Crippen molar-refractivity contribution < 1.29 is 13.5 Å². The predicted octanol–water partition coefficient (Wildman–Crippen LogP) is 2.63. The number of hydrogen-bond donors (Lipinski definition) is 2. The molecule has 6 heteroatoms. The molecule has 4 nitrogen and oxygen atoms in total. The van der Waals surface area contributed by atoms with Gasteiger partial charge in [-0.25, -0.2) is 8.42 Å². The van der Waals surface area contributed by atoms with Crippen LogP contribution in [0.3, 0.4) is 0 Å². The number of hydrogen-bond acceptors (Lipinski definition) is 4. The largest absolute Gasteiger partial charge is 0.508 e. The van der Waals surface area contributed by atoms with E-state index in [0.717, 1.165) is 16.5 Å². The summed E-state index contributed by atoms with van der Waals surface area (Å²) in [5, 5.41) is 13.0. The van der Waals surface area contributed by atoms with Gasteiger partial charge in [-0.15, -0.1) is 0 Å². The lowest BCUT2D eigenvalue weighted by Crippen LogP contribution is -2.27. The van der Waals surface area contributed by atoms with Crippen LogP contribution < -0.4 is 5.32 Å². The molecular formula is C13H20BrNO3S. The van der Waals surface area contributed by atoms with Crippen LogP contribution in [0.15, 0.2) is 22.7 Å². The molecular weight excluding hydrogens is 330 g/mol. The fourth-order valence-electron chi connectivity index (χ4n) is 1.81. The highest BCUT2D eigenvalue weighted by Crippen LogP contribution is 2.29. The van der Waals surface area contributed by atoms with E-state index in [4.69, 9.17) is 0 Å². The molecule has 1 atom stereocenters. The standard InChI is InChI=1S/C13H20BrNO3S/c1-3-12(15-7-8-19(17,18)4-2)11-9-10(14)5-6-13(11)16/h5-6,9,12,15-16H,3-4,7-8H2,1-2H3. The van der Waals surface area contributed by atoms with Crippen LogP contribution in [0.25, 0.3) is 0 Å². The molecule has 0 aromatic heterocycles. The average Bonchev–Trinajstić information content (AvgIpc) is 2.38. The summed E-state index contributed by atoms with van der Waals surface area (Å²) in [5.74, 6) is 0.503. The first kappa shape index (κ1) is 16.5. The molecule has 1 aromatic carbocycles. The van der Waals surface area contributed by atoms with E-state index in [0.29, 0.717) is 6.54 Å². The summed E-state index contributed by atoms with van der Waals surface area (Å²) in [7, 11) is -2.96. The van der Waals surface area contributed by atoms with Gasteiger partial charge in [0.2, 0.25) is 0 Å². The maximum atomic E-state index is 11.4. The highest BCUT2D eigenvalue weighted by atomic mass is 79.9. The summed E-state index contributed by atoms with van der Waals surface area (Å²) in [6.45, 7) is 4.03. The highest BCUT2D eigenvalue weighted by Gasteiger charge is 2.15. The van der Waals surface area contributed by atoms with Crippen molar-refractivity contribution in [3.63, 3.8) is 0 Å². The number of rotatable bonds is 7. The molecule has 0 aliphatic carbocycles. The van der Waals surface area contributed by atoms with Crippen molar-refractivity contribution in [1.29, 1.82) is 0 Å². The number of halogens is 1. The Labute approximate surface area is 123 Å². The van der Waals surface area contributed by atoms with Crippen LogP contribution in [-0.4, -0.2) is 31.6 Å². The number of sulfone groups is 1. The first-order valence-electron chi connectivity index (χ1n) is 6.31. The predicted molar refractivity (Wildman–Crippen MR) is 81.2 cm³/mol. The topological polar surface area (TPSA) is 66.4 Å². The minimum absolute atomic E-state index is 0.0513. The fourth-order valence-corrected chi connectivity index (χ4v) is 2.91. The molecule has 1 rings (SSSR count). The van der Waals surface area contributed by atoms with E-state index in [1.54, 1.807) is 19.1 Å². The highest BCUT2D eigenvalue weighted by molar-refractivity contribution is 9.10. The van der Waals surface area contributed by atoms with Crippen LogP contribution in [0.4, 0.5) is 0 Å². The third-order valence-corrected chi connectivity index (χ3v) is 5.22. The maximum absolute atomic E-state index is 11.4. The van der Waals surface area contributed by atoms with E-state index in [9.17, 15) is 13.5 Å². The van der Waals surface area contributed by atoms with Gasteiger partial charge >= 0.3 is 0 Å². The molecule has 2 N–H and O–H groups in total. The molecule has 19 heavy (non-hydrogen) atoms. The van der Waals surface area contributed by atoms with Gasteiger partial charge in [0.25, 0.3) is 0 Å². The van der Waals surface area contributed by atoms with Gasteiger partial charge in [0, 0.05) is 28.4 Å². The maximum Gasteiger partial charge on any atom is 0.151 e. The first-order valence-corrected chi connectivity index (χ1v) is 8.93. The molecule has 0 fully saturated rings. The van der Waals surface area contributed by atoms with Crippen molar-refractivity contribution in [2.75, 3.05) is 18.1 Å². The second-order valence-corrected chi connectivity index (χ2v) is 7.74. The van der Waals surface area contributed by atoms with Crippen molar-refractivity contribution in [2.24, 2.45) is 0 Å². The van der Waals surface area contributed by atoms with Crippen LogP contribution in [0.5, 0.6) is 5.75 Å². The lowest BCUT2D eigenvalue weighted by atomic mass is 10.0. The van der Waals surface area contributed by atoms with Gasteiger partial charge in [0.1, 0.15) is 5.75 Å². The quantitative estimate of drug-likeness (QED) is 0.793. The molecule has 0 saturated carbocycles. The summed E-state index contributed by atoms with van der Waals surface area (Å²) in [6.07, 6.45) is 0.774. The van der Waals surface area contributed by atoms with Crippen molar-refractivity contribution in [2.45, 2.75) is 26.3 Å². The monoisotopic (exact) mass is 349 g/mol. The average molecular weight is 350 g/mol. The zero-order chi connectivity index (χ0) is 14.5.